The summed E-state index contributed by atoms with van der Waals surface area (Å²) >= 11 is 0. The van der Waals surface area contributed by atoms with Crippen molar-refractivity contribution in [3.63, 3.8) is 0 Å². The molecule has 4 heteroatoms. The standard InChI is InChI=1S/C14H21N3O/c1-3-14(8-6-10-16-14)13(18)17(2)11-12-7-4-5-9-15-12/h4-5,7,9,16H,3,6,8,10-11H2,1-2H3. The highest BCUT2D eigenvalue weighted by Crippen LogP contribution is 2.25. The van der Waals surface area contributed by atoms with Crippen LogP contribution >= 0.6 is 0 Å². The zero-order valence-corrected chi connectivity index (χ0v) is 11.1. The van der Waals surface area contributed by atoms with Crippen LogP contribution in [-0.4, -0.2) is 34.9 Å². The van der Waals surface area contributed by atoms with Crippen molar-refractivity contribution in [3.05, 3.63) is 30.1 Å². The summed E-state index contributed by atoms with van der Waals surface area (Å²) in [5.74, 6) is 0.188. The lowest BCUT2D eigenvalue weighted by molar-refractivity contribution is -0.137. The van der Waals surface area contributed by atoms with E-state index in [0.717, 1.165) is 31.5 Å². The highest BCUT2D eigenvalue weighted by atomic mass is 16.2. The van der Waals surface area contributed by atoms with E-state index in [0.29, 0.717) is 6.54 Å². The lowest BCUT2D eigenvalue weighted by Crippen LogP contribution is -2.53. The monoisotopic (exact) mass is 247 g/mol. The van der Waals surface area contributed by atoms with Crippen LogP contribution in [0.5, 0.6) is 0 Å². The van der Waals surface area contributed by atoms with Crippen molar-refractivity contribution >= 4 is 5.91 Å². The molecule has 1 aliphatic rings. The molecule has 0 spiro atoms. The van der Waals surface area contributed by atoms with Crippen LogP contribution in [0, 0.1) is 0 Å². The second kappa shape index (κ2) is 5.48. The smallest absolute Gasteiger partial charge is 0.242 e. The van der Waals surface area contributed by atoms with Gasteiger partial charge in [-0.25, -0.2) is 0 Å². The number of nitrogens with zero attached hydrogens (tertiary/aromatic N) is 2. The van der Waals surface area contributed by atoms with Gasteiger partial charge in [0, 0.05) is 13.2 Å². The third kappa shape index (κ3) is 2.53. The fourth-order valence-corrected chi connectivity index (χ4v) is 2.61. The molecule has 98 valence electrons. The van der Waals surface area contributed by atoms with Crippen molar-refractivity contribution in [3.8, 4) is 0 Å². The van der Waals surface area contributed by atoms with Gasteiger partial charge in [0.2, 0.25) is 5.91 Å². The van der Waals surface area contributed by atoms with Crippen LogP contribution in [0.1, 0.15) is 31.9 Å². The number of amides is 1. The third-order valence-corrected chi connectivity index (χ3v) is 3.73. The quantitative estimate of drug-likeness (QED) is 0.878. The fourth-order valence-electron chi connectivity index (χ4n) is 2.61. The number of likely N-dealkylation sites (N-methyl/N-ethyl adjacent to an activating group) is 1. The van der Waals surface area contributed by atoms with E-state index in [-0.39, 0.29) is 11.4 Å². The molecule has 1 aromatic heterocycles. The predicted molar refractivity (Wildman–Crippen MR) is 71.0 cm³/mol. The van der Waals surface area contributed by atoms with Gasteiger partial charge in [-0.2, -0.15) is 0 Å². The van der Waals surface area contributed by atoms with Crippen molar-refractivity contribution in [2.24, 2.45) is 0 Å². The van der Waals surface area contributed by atoms with Gasteiger partial charge in [0.1, 0.15) is 0 Å². The third-order valence-electron chi connectivity index (χ3n) is 3.73. The highest BCUT2D eigenvalue weighted by Gasteiger charge is 2.40. The Labute approximate surface area is 108 Å². The molecule has 18 heavy (non-hydrogen) atoms. The number of hydrogen-bond acceptors (Lipinski definition) is 3. The maximum atomic E-state index is 12.5. The first-order valence-corrected chi connectivity index (χ1v) is 6.58. The Kier molecular flexibility index (Phi) is 3.97. The predicted octanol–water partition coefficient (Wildman–Crippen LogP) is 1.57. The van der Waals surface area contributed by atoms with Crippen molar-refractivity contribution in [1.82, 2.24) is 15.2 Å². The molecular weight excluding hydrogens is 226 g/mol. The number of carbonyl (C=O) groups excluding carboxylic acids is 1. The second-order valence-corrected chi connectivity index (χ2v) is 4.95. The van der Waals surface area contributed by atoms with Gasteiger partial charge in [-0.15, -0.1) is 0 Å². The Hall–Kier alpha value is -1.42. The molecular formula is C14H21N3O. The lowest BCUT2D eigenvalue weighted by Gasteiger charge is -2.31. The largest absolute Gasteiger partial charge is 0.338 e. The summed E-state index contributed by atoms with van der Waals surface area (Å²) in [7, 11) is 1.86. The van der Waals surface area contributed by atoms with Crippen molar-refractivity contribution in [2.75, 3.05) is 13.6 Å². The summed E-state index contributed by atoms with van der Waals surface area (Å²) in [6, 6.07) is 5.78. The molecule has 1 unspecified atom stereocenters. The van der Waals surface area contributed by atoms with Crippen LogP contribution in [0.4, 0.5) is 0 Å². The summed E-state index contributed by atoms with van der Waals surface area (Å²) in [6.45, 7) is 3.59. The molecule has 1 saturated heterocycles. The van der Waals surface area contributed by atoms with Crippen LogP contribution < -0.4 is 5.32 Å². The SMILES string of the molecule is CCC1(C(=O)N(C)Cc2ccccn2)CCCN1. The maximum Gasteiger partial charge on any atom is 0.242 e. The summed E-state index contributed by atoms with van der Waals surface area (Å²) in [6.07, 6.45) is 4.63. The number of rotatable bonds is 4. The van der Waals surface area contributed by atoms with Crippen LogP contribution in [0.15, 0.2) is 24.4 Å². The van der Waals surface area contributed by atoms with E-state index >= 15 is 0 Å². The van der Waals surface area contributed by atoms with Crippen LogP contribution in [-0.2, 0) is 11.3 Å². The average molecular weight is 247 g/mol. The summed E-state index contributed by atoms with van der Waals surface area (Å²) in [4.78, 5) is 18.6. The van der Waals surface area contributed by atoms with Gasteiger partial charge in [-0.05, 0) is 37.9 Å². The number of carbonyl (C=O) groups is 1. The zero-order chi connectivity index (χ0) is 13.0. The van der Waals surface area contributed by atoms with Gasteiger partial charge < -0.3 is 10.2 Å². The van der Waals surface area contributed by atoms with Crippen LogP contribution in [0.25, 0.3) is 0 Å². The molecule has 4 nitrogen and oxygen atoms in total. The first kappa shape index (κ1) is 13.0. The molecule has 1 fully saturated rings. The Morgan fingerprint density at radius 2 is 2.39 bits per heavy atom. The number of pyridine rings is 1. The number of hydrogen-bond donors (Lipinski definition) is 1. The van der Waals surface area contributed by atoms with Crippen molar-refractivity contribution in [2.45, 2.75) is 38.3 Å². The summed E-state index contributed by atoms with van der Waals surface area (Å²) in [5, 5.41) is 3.37. The molecule has 1 N–H and O–H groups in total. The first-order valence-electron chi connectivity index (χ1n) is 6.58. The zero-order valence-electron chi connectivity index (χ0n) is 11.1. The van der Waals surface area contributed by atoms with Gasteiger partial charge in [-0.3, -0.25) is 9.78 Å². The number of nitrogens with one attached hydrogen (secondary N) is 1. The maximum absolute atomic E-state index is 12.5. The average Bonchev–Trinajstić information content (AvgIpc) is 2.89. The van der Waals surface area contributed by atoms with Gasteiger partial charge in [-0.1, -0.05) is 13.0 Å². The van der Waals surface area contributed by atoms with E-state index in [2.05, 4.69) is 17.2 Å². The molecule has 1 amide bonds. The summed E-state index contributed by atoms with van der Waals surface area (Å²) in [5.41, 5.74) is 0.585. The Balaban J connectivity index is 2.04. The lowest BCUT2D eigenvalue weighted by atomic mass is 9.92. The van der Waals surface area contributed by atoms with E-state index in [1.807, 2.05) is 25.2 Å². The van der Waals surface area contributed by atoms with Gasteiger partial charge in [0.25, 0.3) is 0 Å². The molecule has 0 aromatic carbocycles. The van der Waals surface area contributed by atoms with Crippen LogP contribution in [0.2, 0.25) is 0 Å². The van der Waals surface area contributed by atoms with Gasteiger partial charge in [0.05, 0.1) is 17.8 Å². The Bertz CT molecular complexity index is 399. The number of aromatic nitrogens is 1. The van der Waals surface area contributed by atoms with E-state index in [1.165, 1.54) is 0 Å². The van der Waals surface area contributed by atoms with Crippen LogP contribution in [0.3, 0.4) is 0 Å². The molecule has 0 bridgehead atoms. The Morgan fingerprint density at radius 3 is 2.94 bits per heavy atom. The molecule has 0 saturated carbocycles. The molecule has 2 rings (SSSR count). The topological polar surface area (TPSA) is 45.2 Å². The minimum absolute atomic E-state index is 0.188. The normalized spacial score (nSPS) is 23.0. The van der Waals surface area contributed by atoms with E-state index < -0.39 is 0 Å². The van der Waals surface area contributed by atoms with E-state index in [4.69, 9.17) is 0 Å². The van der Waals surface area contributed by atoms with Crippen molar-refractivity contribution in [1.29, 1.82) is 0 Å². The summed E-state index contributed by atoms with van der Waals surface area (Å²) < 4.78 is 0. The molecule has 1 aliphatic heterocycles. The first-order chi connectivity index (χ1) is 8.68. The molecule has 1 atom stereocenters. The molecule has 1 aromatic rings. The minimum Gasteiger partial charge on any atom is -0.338 e. The van der Waals surface area contributed by atoms with E-state index in [9.17, 15) is 4.79 Å². The minimum atomic E-state index is -0.344. The second-order valence-electron chi connectivity index (χ2n) is 4.95. The van der Waals surface area contributed by atoms with Crippen molar-refractivity contribution < 1.29 is 4.79 Å². The van der Waals surface area contributed by atoms with Gasteiger partial charge in [0.15, 0.2) is 0 Å². The fraction of sp³-hybridized carbons (Fsp3) is 0.571. The Morgan fingerprint density at radius 1 is 1.56 bits per heavy atom. The van der Waals surface area contributed by atoms with Gasteiger partial charge >= 0.3 is 0 Å². The molecule has 0 radical (unpaired) electrons. The highest BCUT2D eigenvalue weighted by molar-refractivity contribution is 5.86. The molecule has 2 heterocycles. The molecule has 0 aliphatic carbocycles. The van der Waals surface area contributed by atoms with E-state index in [1.54, 1.807) is 11.1 Å².